The summed E-state index contributed by atoms with van der Waals surface area (Å²) in [5, 5.41) is 12.2. The first-order chi connectivity index (χ1) is 56.4. The molecule has 19 heteroatoms. The molecule has 4 fully saturated rings. The van der Waals surface area contributed by atoms with Gasteiger partial charge in [-0.2, -0.15) is 0 Å². The lowest BCUT2D eigenvalue weighted by Crippen LogP contribution is -2.54. The van der Waals surface area contributed by atoms with Gasteiger partial charge in [0.25, 0.3) is 17.7 Å². The second-order valence-electron chi connectivity index (χ2n) is 31.3. The smallest absolute Gasteiger partial charge is 0.253 e. The van der Waals surface area contributed by atoms with E-state index in [0.717, 1.165) is 222 Å². The Morgan fingerprint density at radius 3 is 1.14 bits per heavy atom. The van der Waals surface area contributed by atoms with Crippen molar-refractivity contribution in [3.63, 3.8) is 0 Å². The van der Waals surface area contributed by atoms with Crippen molar-refractivity contribution in [1.82, 2.24) is 59.1 Å². The molecule has 115 heavy (non-hydrogen) atoms. The van der Waals surface area contributed by atoms with Crippen LogP contribution in [0.5, 0.6) is 23.0 Å². The first-order valence-electron chi connectivity index (χ1n) is 41.9. The second kappa shape index (κ2) is 41.9. The van der Waals surface area contributed by atoms with Gasteiger partial charge >= 0.3 is 0 Å². The monoisotopic (exact) mass is 1550 g/mol. The van der Waals surface area contributed by atoms with Crippen LogP contribution >= 0.6 is 0 Å². The van der Waals surface area contributed by atoms with Crippen molar-refractivity contribution in [1.29, 1.82) is 0 Å². The Balaban J connectivity index is 0.000000151. The summed E-state index contributed by atoms with van der Waals surface area (Å²) in [6, 6.07) is 63.9. The van der Waals surface area contributed by atoms with Crippen LogP contribution in [0.2, 0.25) is 0 Å². The molecule has 0 radical (unpaired) electrons. The minimum atomic E-state index is -0.0597. The number of piperazine rings is 3. The van der Waals surface area contributed by atoms with Gasteiger partial charge in [0.15, 0.2) is 0 Å². The van der Waals surface area contributed by atoms with Gasteiger partial charge in [-0.15, -0.1) is 0 Å². The summed E-state index contributed by atoms with van der Waals surface area (Å²) >= 11 is 0. The summed E-state index contributed by atoms with van der Waals surface area (Å²) in [5.41, 5.74) is 13.4. The molecule has 0 saturated carbocycles. The van der Waals surface area contributed by atoms with E-state index in [4.69, 9.17) is 18.9 Å². The van der Waals surface area contributed by atoms with Gasteiger partial charge in [0.2, 0.25) is 0 Å². The number of nitrogens with one attached hydrogen (secondary N) is 3. The molecule has 4 aliphatic rings. The molecule has 3 aromatic heterocycles. The summed E-state index contributed by atoms with van der Waals surface area (Å²) in [4.78, 5) is 55.3. The van der Waals surface area contributed by atoms with E-state index in [1.807, 2.05) is 140 Å². The van der Waals surface area contributed by atoms with Crippen molar-refractivity contribution in [2.24, 2.45) is 0 Å². The molecule has 11 aromatic rings. The van der Waals surface area contributed by atoms with Crippen LogP contribution in [0.15, 0.2) is 207 Å². The van der Waals surface area contributed by atoms with Crippen molar-refractivity contribution in [3.8, 4) is 23.0 Å². The van der Waals surface area contributed by atoms with Crippen molar-refractivity contribution >= 4 is 50.4 Å². The molecule has 19 nitrogen and oxygen atoms in total. The van der Waals surface area contributed by atoms with Gasteiger partial charge in [-0.1, -0.05) is 164 Å². The Bertz CT molecular complexity index is 4920. The van der Waals surface area contributed by atoms with Crippen LogP contribution < -0.4 is 34.9 Å². The Morgan fingerprint density at radius 2 is 0.730 bits per heavy atom. The van der Waals surface area contributed by atoms with E-state index in [1.54, 1.807) is 21.3 Å². The molecule has 1 atom stereocenters. The fourth-order valence-electron chi connectivity index (χ4n) is 17.0. The average molecular weight is 1550 g/mol. The Labute approximate surface area is 681 Å². The van der Waals surface area contributed by atoms with Crippen LogP contribution in [0.4, 0.5) is 0 Å². The predicted molar refractivity (Wildman–Crippen MR) is 464 cm³/mol. The molecule has 0 spiro atoms. The van der Waals surface area contributed by atoms with Crippen molar-refractivity contribution in [2.75, 3.05) is 139 Å². The number of rotatable bonds is 32. The number of nitrogens with zero attached hydrogens (tertiary/aromatic N) is 9. The Kier molecular flexibility index (Phi) is 30.1. The maximum Gasteiger partial charge on any atom is 0.253 e. The highest BCUT2D eigenvalue weighted by atomic mass is 16.5. The molecular weight excluding hydrogens is 1430 g/mol. The molecule has 3 N–H and O–H groups in total. The fourth-order valence-corrected chi connectivity index (χ4v) is 17.0. The van der Waals surface area contributed by atoms with Gasteiger partial charge in [-0.3, -0.25) is 19.3 Å². The van der Waals surface area contributed by atoms with E-state index in [1.165, 1.54) is 67.7 Å². The van der Waals surface area contributed by atoms with E-state index in [2.05, 4.69) is 147 Å². The van der Waals surface area contributed by atoms with Gasteiger partial charge in [-0.05, 0) is 161 Å². The molecule has 7 heterocycles. The number of aromatic nitrogens is 3. The molecular formula is C96H120N12O7. The highest BCUT2D eigenvalue weighted by Gasteiger charge is 2.30. The Morgan fingerprint density at radius 1 is 0.365 bits per heavy atom. The van der Waals surface area contributed by atoms with Gasteiger partial charge in [0.1, 0.15) is 23.0 Å². The first kappa shape index (κ1) is 82.7. The van der Waals surface area contributed by atoms with E-state index >= 15 is 0 Å². The van der Waals surface area contributed by atoms with E-state index in [-0.39, 0.29) is 17.7 Å². The molecule has 606 valence electrons. The highest BCUT2D eigenvalue weighted by molar-refractivity contribution is 6.10. The van der Waals surface area contributed by atoms with Crippen molar-refractivity contribution in [3.05, 3.63) is 262 Å². The third-order valence-electron chi connectivity index (χ3n) is 23.7. The van der Waals surface area contributed by atoms with Crippen LogP contribution in [0.3, 0.4) is 0 Å². The lowest BCUT2D eigenvalue weighted by molar-refractivity contribution is 0.0484. The number of carbonyl (C=O) groups excluding carboxylic acids is 3. The first-order valence-corrected chi connectivity index (χ1v) is 41.9. The van der Waals surface area contributed by atoms with Crippen LogP contribution in [0.1, 0.15) is 115 Å². The molecule has 3 amide bonds. The fraction of sp³-hybridized carbons (Fsp3) is 0.406. The molecule has 4 saturated heterocycles. The van der Waals surface area contributed by atoms with Gasteiger partial charge in [0.05, 0.1) is 61.2 Å². The number of ether oxygens (including phenoxy) is 4. The quantitative estimate of drug-likeness (QED) is 0.0342. The number of amides is 3. The van der Waals surface area contributed by atoms with Crippen LogP contribution in [0.25, 0.3) is 32.7 Å². The molecule has 15 rings (SSSR count). The Hall–Kier alpha value is -10.3. The van der Waals surface area contributed by atoms with Crippen LogP contribution in [-0.2, 0) is 45.7 Å². The number of hydrogen-bond acceptors (Lipinski definition) is 13. The molecule has 4 aliphatic heterocycles. The number of para-hydroxylation sites is 4. The number of benzene rings is 8. The zero-order valence-corrected chi connectivity index (χ0v) is 68.7. The average Bonchev–Trinajstić information content (AvgIpc) is 1.64. The van der Waals surface area contributed by atoms with E-state index in [0.29, 0.717) is 36.3 Å². The van der Waals surface area contributed by atoms with E-state index < -0.39 is 0 Å². The number of methoxy groups -OCH3 is 3. The van der Waals surface area contributed by atoms with Crippen molar-refractivity contribution in [2.45, 2.75) is 117 Å². The lowest BCUT2D eigenvalue weighted by Gasteiger charge is -2.44. The number of carbonyl (C=O) groups is 3. The molecule has 0 aliphatic carbocycles. The topological polar surface area (TPSA) is 158 Å². The number of aryl methyl sites for hydroxylation is 6. The van der Waals surface area contributed by atoms with Crippen molar-refractivity contribution < 1.29 is 33.3 Å². The third kappa shape index (κ3) is 22.2. The number of fused-ring (bicyclic) bond motifs is 4. The maximum absolute atomic E-state index is 13.3. The predicted octanol–water partition coefficient (Wildman–Crippen LogP) is 15.0. The maximum atomic E-state index is 13.3. The summed E-state index contributed by atoms with van der Waals surface area (Å²) in [7, 11) is 5.09. The zero-order chi connectivity index (χ0) is 79.7. The number of hydrogen-bond donors (Lipinski definition) is 3. The SMILES string of the molecule is COc1cccc2c(C(=O)NCc3ccccc3C)cn(CCCN3CCN(CCCOc4ccccc4)CC3)c12.COc1cccc2c(C(=O)NCc3ccccc3C)cn(CCCN3CCN(CCc4ccccc4)CC3)c12.COc1cccc2c(C(=O)NCc3ccccc3C)cn(CCCN3CCN4CCCCC4C3)c12. The zero-order valence-electron chi connectivity index (χ0n) is 68.7. The van der Waals surface area contributed by atoms with Crippen LogP contribution in [-0.4, -0.2) is 206 Å². The summed E-state index contributed by atoms with van der Waals surface area (Å²) in [6.45, 7) is 30.1. The summed E-state index contributed by atoms with van der Waals surface area (Å²) in [6.07, 6.45) is 15.3. The summed E-state index contributed by atoms with van der Waals surface area (Å²) in [5.74, 6) is 3.20. The highest BCUT2D eigenvalue weighted by Crippen LogP contribution is 2.34. The lowest BCUT2D eigenvalue weighted by atomic mass is 9.99. The minimum Gasteiger partial charge on any atom is -0.495 e. The van der Waals surface area contributed by atoms with Gasteiger partial charge < -0.3 is 73.1 Å². The summed E-state index contributed by atoms with van der Waals surface area (Å²) < 4.78 is 29.5. The van der Waals surface area contributed by atoms with Gasteiger partial charge in [0, 0.05) is 165 Å². The number of piperidine rings is 1. The second-order valence-corrected chi connectivity index (χ2v) is 31.3. The molecule has 8 aromatic carbocycles. The van der Waals surface area contributed by atoms with Crippen LogP contribution in [0, 0.1) is 20.8 Å². The van der Waals surface area contributed by atoms with E-state index in [9.17, 15) is 14.4 Å². The standard InChI is InChI=1S/C34H42N4O3.C33H40N4O2.C29H38N4O2/c1-27-11-6-7-12-28(27)25-35-34(39)31-26-38(33-30(31)15-8-16-32(33)40-2)19-9-17-36-20-22-37(23-21-36)18-10-24-41-29-13-4-3-5-14-29;1-26-10-6-7-13-28(26)24-34-33(38)30-25-37(32-29(30)14-8-15-31(32)39-2)18-9-17-35-20-22-36(23-21-35)19-16-27-11-4-3-5-12-27;1-22-9-3-4-10-23(22)19-30-29(34)26-21-33(28-25(26)12-7-13-27(28)35-2)16-8-14-31-17-18-32-15-6-5-11-24(32)20-31/h3-8,11-16,26H,9-10,17-25H2,1-2H3,(H,35,39);3-8,10-15,25H,9,16-24H2,1-2H3,(H,34,38);3-4,7,9-10,12-13,21,24H,5-6,8,11,14-20H2,1-2H3,(H,30,34). The normalized spacial score (nSPS) is 15.8. The molecule has 0 bridgehead atoms. The third-order valence-corrected chi connectivity index (χ3v) is 23.7. The molecule has 1 unspecified atom stereocenters. The largest absolute Gasteiger partial charge is 0.495 e. The minimum absolute atomic E-state index is 0.0429. The van der Waals surface area contributed by atoms with Gasteiger partial charge in [-0.25, -0.2) is 0 Å².